The van der Waals surface area contributed by atoms with Gasteiger partial charge in [-0.05, 0) is 39.4 Å². The largest absolute Gasteiger partial charge is 0.303 e. The molecule has 1 rings (SSSR count). The van der Waals surface area contributed by atoms with Crippen molar-refractivity contribution in [3.05, 3.63) is 11.8 Å². The fraction of sp³-hybridized carbons (Fsp3) is 0.867. The molecule has 0 N–H and O–H groups in total. The summed E-state index contributed by atoms with van der Waals surface area (Å²) in [6.07, 6.45) is 5.54. The first-order chi connectivity index (χ1) is 8.14. The van der Waals surface area contributed by atoms with Crippen LogP contribution in [0.15, 0.2) is 11.8 Å². The predicted octanol–water partition coefficient (Wildman–Crippen LogP) is 4.47. The summed E-state index contributed by atoms with van der Waals surface area (Å²) in [5, 5.41) is 1.56. The molecule has 0 amide bonds. The van der Waals surface area contributed by atoms with Crippen molar-refractivity contribution >= 4 is 8.07 Å². The molecule has 0 aromatic heterocycles. The van der Waals surface area contributed by atoms with Crippen LogP contribution in [0.1, 0.15) is 46.5 Å². The zero-order chi connectivity index (χ0) is 12.7. The van der Waals surface area contributed by atoms with Crippen molar-refractivity contribution in [1.82, 2.24) is 4.90 Å². The molecule has 1 fully saturated rings. The van der Waals surface area contributed by atoms with Crippen molar-refractivity contribution in [3.63, 3.8) is 0 Å². The minimum atomic E-state index is -1.15. The van der Waals surface area contributed by atoms with Gasteiger partial charge in [-0.3, -0.25) is 0 Å². The molecule has 17 heavy (non-hydrogen) atoms. The monoisotopic (exact) mass is 253 g/mol. The van der Waals surface area contributed by atoms with Gasteiger partial charge in [-0.15, -0.1) is 6.58 Å². The molecule has 2 heteroatoms. The lowest BCUT2D eigenvalue weighted by molar-refractivity contribution is 0.182. The Balaban J connectivity index is 2.44. The van der Waals surface area contributed by atoms with Crippen molar-refractivity contribution in [3.8, 4) is 0 Å². The Labute approximate surface area is 109 Å². The van der Waals surface area contributed by atoms with Gasteiger partial charge < -0.3 is 4.90 Å². The third kappa shape index (κ3) is 4.25. The molecule has 0 aromatic rings. The van der Waals surface area contributed by atoms with Crippen molar-refractivity contribution < 1.29 is 0 Å². The summed E-state index contributed by atoms with van der Waals surface area (Å²) in [6, 6.07) is 4.42. The van der Waals surface area contributed by atoms with Gasteiger partial charge in [0.15, 0.2) is 0 Å². The quantitative estimate of drug-likeness (QED) is 0.548. The number of rotatable bonds is 9. The number of allylic oxidation sites excluding steroid dienone is 1. The molecule has 0 aromatic carbocycles. The zero-order valence-electron chi connectivity index (χ0n) is 12.2. The highest BCUT2D eigenvalue weighted by molar-refractivity contribution is 6.86. The topological polar surface area (TPSA) is 3.24 Å². The van der Waals surface area contributed by atoms with Crippen molar-refractivity contribution in [2.45, 2.75) is 64.6 Å². The van der Waals surface area contributed by atoms with Crippen LogP contribution in [0, 0.1) is 0 Å². The minimum absolute atomic E-state index is 1.15. The summed E-state index contributed by atoms with van der Waals surface area (Å²) < 4.78 is 0. The zero-order valence-corrected chi connectivity index (χ0v) is 13.2. The maximum atomic E-state index is 4.34. The Kier molecular flexibility index (Phi) is 6.50. The second-order valence-electron chi connectivity index (χ2n) is 5.86. The molecule has 1 nitrogen and oxygen atoms in total. The van der Waals surface area contributed by atoms with Gasteiger partial charge in [-0.1, -0.05) is 50.0 Å². The fourth-order valence-corrected chi connectivity index (χ4v) is 8.00. The van der Waals surface area contributed by atoms with Crippen LogP contribution >= 0.6 is 0 Å². The summed E-state index contributed by atoms with van der Waals surface area (Å²) in [6.45, 7) is 15.4. The lowest BCUT2D eigenvalue weighted by Gasteiger charge is -2.35. The molecule has 1 aliphatic heterocycles. The van der Waals surface area contributed by atoms with E-state index in [-0.39, 0.29) is 0 Å². The highest BCUT2D eigenvalue weighted by atomic mass is 28.3. The van der Waals surface area contributed by atoms with Crippen LogP contribution in [0.3, 0.4) is 0 Å². The van der Waals surface area contributed by atoms with Crippen LogP contribution in [-0.2, 0) is 0 Å². The highest BCUT2D eigenvalue weighted by Gasteiger charge is 2.31. The maximum absolute atomic E-state index is 4.34. The van der Waals surface area contributed by atoms with Crippen LogP contribution in [0.4, 0.5) is 0 Å². The summed E-state index contributed by atoms with van der Waals surface area (Å²) >= 11 is 0. The minimum Gasteiger partial charge on any atom is -0.303 e. The van der Waals surface area contributed by atoms with E-state index in [1.165, 1.54) is 63.4 Å². The second-order valence-corrected chi connectivity index (χ2v) is 10.8. The summed E-state index contributed by atoms with van der Waals surface area (Å²) in [4.78, 5) is 2.61. The molecular formula is C15H31NSi. The molecule has 0 aliphatic carbocycles. The molecule has 0 saturated carbocycles. The Bertz CT molecular complexity index is 227. The first kappa shape index (κ1) is 15.0. The van der Waals surface area contributed by atoms with E-state index in [0.29, 0.717) is 0 Å². The summed E-state index contributed by atoms with van der Waals surface area (Å²) in [5.41, 5.74) is 0. The normalized spacial score (nSPS) is 16.9. The van der Waals surface area contributed by atoms with Gasteiger partial charge in [0.25, 0.3) is 0 Å². The molecule has 0 spiro atoms. The lowest BCUT2D eigenvalue weighted by atomic mass is 10.2. The lowest BCUT2D eigenvalue weighted by Crippen LogP contribution is -2.40. The Morgan fingerprint density at radius 3 is 2.06 bits per heavy atom. The SMILES string of the molecule is C=C(C)[Si](CCC)(CCC)CCCN1CCC1. The van der Waals surface area contributed by atoms with Crippen LogP contribution in [-0.4, -0.2) is 32.6 Å². The van der Waals surface area contributed by atoms with Gasteiger partial charge in [0.2, 0.25) is 0 Å². The first-order valence-corrected chi connectivity index (χ1v) is 10.1. The first-order valence-electron chi connectivity index (χ1n) is 7.53. The summed E-state index contributed by atoms with van der Waals surface area (Å²) in [5.74, 6) is 0. The third-order valence-electron chi connectivity index (χ3n) is 4.44. The van der Waals surface area contributed by atoms with Crippen molar-refractivity contribution in [1.29, 1.82) is 0 Å². The molecule has 100 valence electrons. The molecule has 0 atom stereocenters. The van der Waals surface area contributed by atoms with Gasteiger partial charge in [0.05, 0.1) is 8.07 Å². The van der Waals surface area contributed by atoms with E-state index in [1.54, 1.807) is 5.20 Å². The van der Waals surface area contributed by atoms with E-state index >= 15 is 0 Å². The molecule has 0 bridgehead atoms. The van der Waals surface area contributed by atoms with Crippen LogP contribution < -0.4 is 0 Å². The molecule has 0 unspecified atom stereocenters. The average Bonchev–Trinajstić information content (AvgIpc) is 2.21. The van der Waals surface area contributed by atoms with Crippen LogP contribution in [0.25, 0.3) is 0 Å². The maximum Gasteiger partial charge on any atom is 0.0804 e. The van der Waals surface area contributed by atoms with E-state index in [4.69, 9.17) is 0 Å². The van der Waals surface area contributed by atoms with E-state index in [0.717, 1.165) is 0 Å². The molecule has 0 radical (unpaired) electrons. The van der Waals surface area contributed by atoms with Gasteiger partial charge in [0.1, 0.15) is 0 Å². The Morgan fingerprint density at radius 2 is 1.71 bits per heavy atom. The third-order valence-corrected chi connectivity index (χ3v) is 10.5. The van der Waals surface area contributed by atoms with Gasteiger partial charge >= 0.3 is 0 Å². The standard InChI is InChI=1S/C15H31NSi/c1-5-12-17(13-6-2,15(3)4)14-8-11-16-9-7-10-16/h3,5-14H2,1-2,4H3. The highest BCUT2D eigenvalue weighted by Crippen LogP contribution is 2.32. The molecule has 1 saturated heterocycles. The molecule has 1 aliphatic rings. The average molecular weight is 254 g/mol. The van der Waals surface area contributed by atoms with Crippen molar-refractivity contribution in [2.24, 2.45) is 0 Å². The predicted molar refractivity (Wildman–Crippen MR) is 81.2 cm³/mol. The number of hydrogen-bond acceptors (Lipinski definition) is 1. The number of likely N-dealkylation sites (tertiary alicyclic amines) is 1. The van der Waals surface area contributed by atoms with E-state index in [9.17, 15) is 0 Å². The van der Waals surface area contributed by atoms with E-state index in [1.807, 2.05) is 0 Å². The summed E-state index contributed by atoms with van der Waals surface area (Å²) in [7, 11) is -1.15. The molecular weight excluding hydrogens is 222 g/mol. The van der Waals surface area contributed by atoms with Crippen LogP contribution in [0.5, 0.6) is 0 Å². The molecule has 1 heterocycles. The van der Waals surface area contributed by atoms with Gasteiger partial charge in [0, 0.05) is 0 Å². The number of nitrogens with zero attached hydrogens (tertiary/aromatic N) is 1. The van der Waals surface area contributed by atoms with E-state index < -0.39 is 8.07 Å². The number of hydrogen-bond donors (Lipinski definition) is 0. The Morgan fingerprint density at radius 1 is 1.12 bits per heavy atom. The van der Waals surface area contributed by atoms with E-state index in [2.05, 4.69) is 32.3 Å². The smallest absolute Gasteiger partial charge is 0.0804 e. The van der Waals surface area contributed by atoms with Crippen LogP contribution in [0.2, 0.25) is 18.1 Å². The Hall–Kier alpha value is -0.0831. The van der Waals surface area contributed by atoms with Gasteiger partial charge in [-0.2, -0.15) is 0 Å². The second kappa shape index (κ2) is 7.37. The fourth-order valence-electron chi connectivity index (χ4n) is 3.22. The van der Waals surface area contributed by atoms with Crippen molar-refractivity contribution in [2.75, 3.05) is 19.6 Å². The van der Waals surface area contributed by atoms with Gasteiger partial charge in [-0.25, -0.2) is 0 Å².